The number of pyridine rings is 1. The number of thiazole rings is 1. The largest absolute Gasteiger partial charge is 0.345 e. The van der Waals surface area contributed by atoms with Gasteiger partial charge in [-0.2, -0.15) is 4.31 Å². The average Bonchev–Trinajstić information content (AvgIpc) is 3.08. The normalized spacial score (nSPS) is 16.3. The number of benzene rings is 1. The summed E-state index contributed by atoms with van der Waals surface area (Å²) in [5.74, 6) is -0.546. The number of hydrogen-bond donors (Lipinski definition) is 0. The molecular formula is C17H17FN4O2S2. The Morgan fingerprint density at radius 1 is 1.15 bits per heavy atom. The predicted octanol–water partition coefficient (Wildman–Crippen LogP) is 2.65. The third-order valence-corrected chi connectivity index (χ3v) is 7.51. The molecular weight excluding hydrogens is 375 g/mol. The molecule has 1 aromatic carbocycles. The molecule has 0 amide bonds. The molecule has 26 heavy (non-hydrogen) atoms. The molecule has 9 heteroatoms. The lowest BCUT2D eigenvalue weighted by atomic mass is 10.2. The lowest BCUT2D eigenvalue weighted by Crippen LogP contribution is -2.48. The summed E-state index contributed by atoms with van der Waals surface area (Å²) in [6, 6.07) is 7.61. The van der Waals surface area contributed by atoms with Crippen LogP contribution >= 0.6 is 11.3 Å². The lowest BCUT2D eigenvalue weighted by Gasteiger charge is -2.34. The summed E-state index contributed by atoms with van der Waals surface area (Å²) in [6.07, 6.45) is 1.73. The van der Waals surface area contributed by atoms with E-state index in [2.05, 4.69) is 14.9 Å². The summed E-state index contributed by atoms with van der Waals surface area (Å²) in [6.45, 7) is 3.42. The van der Waals surface area contributed by atoms with Crippen molar-refractivity contribution in [3.05, 3.63) is 47.9 Å². The second-order valence-electron chi connectivity index (χ2n) is 6.13. The van der Waals surface area contributed by atoms with Crippen LogP contribution in [0.1, 0.15) is 5.56 Å². The molecule has 136 valence electrons. The molecule has 0 radical (unpaired) electrons. The van der Waals surface area contributed by atoms with E-state index in [1.54, 1.807) is 13.1 Å². The molecule has 2 aromatic heterocycles. The van der Waals surface area contributed by atoms with Crippen LogP contribution in [-0.2, 0) is 10.0 Å². The van der Waals surface area contributed by atoms with E-state index in [0.29, 0.717) is 31.7 Å². The summed E-state index contributed by atoms with van der Waals surface area (Å²) in [5.41, 5.74) is 1.39. The number of sulfonamides is 1. The highest BCUT2D eigenvalue weighted by Gasteiger charge is 2.30. The van der Waals surface area contributed by atoms with Gasteiger partial charge in [0, 0.05) is 32.4 Å². The Bertz CT molecular complexity index is 1030. The molecule has 6 nitrogen and oxygen atoms in total. The Labute approximate surface area is 155 Å². The zero-order valence-corrected chi connectivity index (χ0v) is 15.7. The van der Waals surface area contributed by atoms with Crippen molar-refractivity contribution in [1.29, 1.82) is 0 Å². The maximum atomic E-state index is 13.5. The molecule has 1 aliphatic rings. The maximum Gasteiger partial charge on any atom is 0.243 e. The molecule has 3 aromatic rings. The Kier molecular flexibility index (Phi) is 4.37. The van der Waals surface area contributed by atoms with Crippen LogP contribution in [0.2, 0.25) is 0 Å². The molecule has 4 rings (SSSR count). The van der Waals surface area contributed by atoms with Crippen molar-refractivity contribution >= 4 is 36.8 Å². The number of nitrogens with zero attached hydrogens (tertiary/aromatic N) is 4. The summed E-state index contributed by atoms with van der Waals surface area (Å²) in [4.78, 5) is 11.8. The summed E-state index contributed by atoms with van der Waals surface area (Å²) in [7, 11) is -3.71. The standard InChI is InChI=1S/C17H17FN4O2S2/c1-12-4-5-13(18)11-15(12)26(23,24)22-9-7-21(8-10-22)17-20-14-3-2-6-19-16(14)25-17/h2-6,11H,7-10H2,1H3. The fraction of sp³-hybridized carbons (Fsp3) is 0.294. The number of anilines is 1. The van der Waals surface area contributed by atoms with Gasteiger partial charge in [-0.05, 0) is 36.8 Å². The number of fused-ring (bicyclic) bond motifs is 1. The Hall–Kier alpha value is -2.10. The fourth-order valence-corrected chi connectivity index (χ4v) is 5.62. The molecule has 0 N–H and O–H groups in total. The van der Waals surface area contributed by atoms with E-state index in [1.165, 1.54) is 27.8 Å². The van der Waals surface area contributed by atoms with E-state index in [1.807, 2.05) is 12.1 Å². The fourth-order valence-electron chi connectivity index (χ4n) is 3.00. The summed E-state index contributed by atoms with van der Waals surface area (Å²) >= 11 is 1.50. The number of aryl methyl sites for hydroxylation is 1. The molecule has 1 aliphatic heterocycles. The van der Waals surface area contributed by atoms with Crippen LogP contribution in [0.25, 0.3) is 10.3 Å². The van der Waals surface area contributed by atoms with Gasteiger partial charge in [0.1, 0.15) is 16.2 Å². The van der Waals surface area contributed by atoms with E-state index in [-0.39, 0.29) is 4.90 Å². The van der Waals surface area contributed by atoms with E-state index >= 15 is 0 Å². The van der Waals surface area contributed by atoms with Gasteiger partial charge in [0.2, 0.25) is 10.0 Å². The van der Waals surface area contributed by atoms with Crippen molar-refractivity contribution < 1.29 is 12.8 Å². The van der Waals surface area contributed by atoms with Gasteiger partial charge in [0.05, 0.1) is 4.90 Å². The molecule has 0 atom stereocenters. The Morgan fingerprint density at radius 2 is 1.92 bits per heavy atom. The van der Waals surface area contributed by atoms with Crippen LogP contribution in [0.3, 0.4) is 0 Å². The zero-order valence-electron chi connectivity index (χ0n) is 14.1. The number of halogens is 1. The van der Waals surface area contributed by atoms with Crippen LogP contribution in [0.4, 0.5) is 9.52 Å². The number of piperazine rings is 1. The molecule has 0 aliphatic carbocycles. The average molecular weight is 392 g/mol. The van der Waals surface area contributed by atoms with Crippen molar-refractivity contribution in [2.45, 2.75) is 11.8 Å². The van der Waals surface area contributed by atoms with E-state index < -0.39 is 15.8 Å². The van der Waals surface area contributed by atoms with Crippen LogP contribution < -0.4 is 4.90 Å². The monoisotopic (exact) mass is 392 g/mol. The number of aromatic nitrogens is 2. The van der Waals surface area contributed by atoms with Crippen LogP contribution in [0.5, 0.6) is 0 Å². The zero-order chi connectivity index (χ0) is 18.3. The van der Waals surface area contributed by atoms with Crippen LogP contribution in [-0.4, -0.2) is 48.9 Å². The van der Waals surface area contributed by atoms with Crippen molar-refractivity contribution in [3.8, 4) is 0 Å². The van der Waals surface area contributed by atoms with Crippen molar-refractivity contribution in [2.24, 2.45) is 0 Å². The first-order valence-electron chi connectivity index (χ1n) is 8.18. The van der Waals surface area contributed by atoms with Gasteiger partial charge in [-0.25, -0.2) is 22.8 Å². The highest BCUT2D eigenvalue weighted by molar-refractivity contribution is 7.89. The molecule has 0 saturated carbocycles. The van der Waals surface area contributed by atoms with Gasteiger partial charge >= 0.3 is 0 Å². The molecule has 3 heterocycles. The first kappa shape index (κ1) is 17.3. The third kappa shape index (κ3) is 3.06. The SMILES string of the molecule is Cc1ccc(F)cc1S(=O)(=O)N1CCN(c2nc3cccnc3s2)CC1. The second kappa shape index (κ2) is 6.57. The van der Waals surface area contributed by atoms with Crippen LogP contribution in [0.15, 0.2) is 41.4 Å². The highest BCUT2D eigenvalue weighted by atomic mass is 32.2. The minimum atomic E-state index is -3.71. The van der Waals surface area contributed by atoms with E-state index in [9.17, 15) is 12.8 Å². The summed E-state index contributed by atoms with van der Waals surface area (Å²) in [5, 5.41) is 0.845. The maximum absolute atomic E-state index is 13.5. The Balaban J connectivity index is 1.53. The Morgan fingerprint density at radius 3 is 2.65 bits per heavy atom. The van der Waals surface area contributed by atoms with Crippen LogP contribution in [0, 0.1) is 12.7 Å². The van der Waals surface area contributed by atoms with E-state index in [4.69, 9.17) is 0 Å². The third-order valence-electron chi connectivity index (χ3n) is 4.43. The van der Waals surface area contributed by atoms with Gasteiger partial charge in [-0.15, -0.1) is 0 Å². The second-order valence-corrected chi connectivity index (χ2v) is 8.99. The van der Waals surface area contributed by atoms with Gasteiger partial charge in [-0.1, -0.05) is 17.4 Å². The predicted molar refractivity (Wildman–Crippen MR) is 99.5 cm³/mol. The summed E-state index contributed by atoms with van der Waals surface area (Å²) < 4.78 is 40.7. The van der Waals surface area contributed by atoms with Crippen molar-refractivity contribution in [3.63, 3.8) is 0 Å². The minimum absolute atomic E-state index is 0.0372. The quantitative estimate of drug-likeness (QED) is 0.686. The lowest BCUT2D eigenvalue weighted by molar-refractivity contribution is 0.384. The topological polar surface area (TPSA) is 66.4 Å². The molecule has 0 unspecified atom stereocenters. The first-order chi connectivity index (χ1) is 12.4. The molecule has 1 saturated heterocycles. The van der Waals surface area contributed by atoms with Gasteiger partial charge in [-0.3, -0.25) is 0 Å². The molecule has 1 fully saturated rings. The van der Waals surface area contributed by atoms with Gasteiger partial charge in [0.15, 0.2) is 5.13 Å². The number of rotatable bonds is 3. The first-order valence-corrected chi connectivity index (χ1v) is 10.4. The highest BCUT2D eigenvalue weighted by Crippen LogP contribution is 2.29. The minimum Gasteiger partial charge on any atom is -0.345 e. The van der Waals surface area contributed by atoms with Gasteiger partial charge < -0.3 is 4.90 Å². The van der Waals surface area contributed by atoms with E-state index in [0.717, 1.165) is 21.5 Å². The van der Waals surface area contributed by atoms with Crippen molar-refractivity contribution in [1.82, 2.24) is 14.3 Å². The molecule has 0 spiro atoms. The smallest absolute Gasteiger partial charge is 0.243 e. The van der Waals surface area contributed by atoms with Crippen molar-refractivity contribution in [2.75, 3.05) is 31.1 Å². The molecule has 0 bridgehead atoms. The van der Waals surface area contributed by atoms with Gasteiger partial charge in [0.25, 0.3) is 0 Å². The number of hydrogen-bond acceptors (Lipinski definition) is 6.